The molecule has 0 bridgehead atoms. The van der Waals surface area contributed by atoms with Crippen LogP contribution in [0.15, 0.2) is 0 Å². The first-order valence-electron chi connectivity index (χ1n) is 5.47. The maximum atomic E-state index is 11.8. The molecule has 1 heterocycles. The molecule has 15 heavy (non-hydrogen) atoms. The van der Waals surface area contributed by atoms with Gasteiger partial charge in [-0.05, 0) is 19.3 Å². The summed E-state index contributed by atoms with van der Waals surface area (Å²) < 4.78 is 10.4. The molecule has 0 aromatic carbocycles. The van der Waals surface area contributed by atoms with E-state index in [2.05, 4.69) is 13.8 Å². The van der Waals surface area contributed by atoms with Crippen LogP contribution in [0.4, 0.5) is 0 Å². The second-order valence-corrected chi connectivity index (χ2v) is 4.86. The first-order valence-corrected chi connectivity index (χ1v) is 5.47. The molecule has 2 unspecified atom stereocenters. The summed E-state index contributed by atoms with van der Waals surface area (Å²) in [5.74, 6) is 0.312. The van der Waals surface area contributed by atoms with Gasteiger partial charge in [0.25, 0.3) is 0 Å². The van der Waals surface area contributed by atoms with E-state index in [0.29, 0.717) is 25.7 Å². The van der Waals surface area contributed by atoms with Gasteiger partial charge in [0.05, 0.1) is 19.8 Å². The van der Waals surface area contributed by atoms with Crippen molar-refractivity contribution in [2.75, 3.05) is 19.8 Å². The Hall–Kier alpha value is -0.610. The zero-order chi connectivity index (χ0) is 11.5. The predicted molar refractivity (Wildman–Crippen MR) is 57.3 cm³/mol. The Labute approximate surface area is 91.1 Å². The maximum Gasteiger partial charge on any atom is 0.315 e. The Kier molecular flexibility index (Phi) is 4.11. The summed E-state index contributed by atoms with van der Waals surface area (Å²) in [7, 11) is 0. The fourth-order valence-electron chi connectivity index (χ4n) is 1.45. The average molecular weight is 215 g/mol. The topological polar surface area (TPSA) is 61.5 Å². The van der Waals surface area contributed by atoms with Crippen LogP contribution in [0, 0.1) is 11.3 Å². The third-order valence-corrected chi connectivity index (χ3v) is 2.91. The Bertz CT molecular complexity index is 230. The smallest absolute Gasteiger partial charge is 0.315 e. The molecule has 0 aromatic rings. The van der Waals surface area contributed by atoms with Gasteiger partial charge in [-0.3, -0.25) is 4.79 Å². The second kappa shape index (κ2) is 4.94. The van der Waals surface area contributed by atoms with Crippen molar-refractivity contribution >= 4 is 5.97 Å². The highest BCUT2D eigenvalue weighted by atomic mass is 16.5. The fraction of sp³-hybridized carbons (Fsp3) is 0.909. The molecular weight excluding hydrogens is 194 g/mol. The molecule has 4 nitrogen and oxygen atoms in total. The molecule has 2 atom stereocenters. The van der Waals surface area contributed by atoms with Gasteiger partial charge in [-0.15, -0.1) is 0 Å². The zero-order valence-corrected chi connectivity index (χ0v) is 9.79. The van der Waals surface area contributed by atoms with Gasteiger partial charge >= 0.3 is 5.97 Å². The molecule has 0 amide bonds. The normalized spacial score (nSPS) is 30.9. The number of ether oxygens (including phenoxy) is 2. The van der Waals surface area contributed by atoms with Crippen LogP contribution >= 0.6 is 0 Å². The Morgan fingerprint density at radius 1 is 1.67 bits per heavy atom. The minimum Gasteiger partial charge on any atom is -0.465 e. The van der Waals surface area contributed by atoms with Crippen LogP contribution < -0.4 is 5.73 Å². The summed E-state index contributed by atoms with van der Waals surface area (Å²) in [5, 5.41) is 0. The first-order chi connectivity index (χ1) is 6.97. The van der Waals surface area contributed by atoms with Crippen LogP contribution in [-0.2, 0) is 14.3 Å². The highest BCUT2D eigenvalue weighted by Crippen LogP contribution is 2.28. The van der Waals surface area contributed by atoms with Crippen molar-refractivity contribution in [2.24, 2.45) is 17.1 Å². The molecule has 4 heteroatoms. The zero-order valence-electron chi connectivity index (χ0n) is 9.79. The van der Waals surface area contributed by atoms with Gasteiger partial charge in [-0.1, -0.05) is 13.8 Å². The monoisotopic (exact) mass is 215 g/mol. The van der Waals surface area contributed by atoms with E-state index in [9.17, 15) is 4.79 Å². The van der Waals surface area contributed by atoms with Crippen LogP contribution in [0.25, 0.3) is 0 Å². The van der Waals surface area contributed by atoms with E-state index in [1.807, 2.05) is 6.92 Å². The predicted octanol–water partition coefficient (Wildman–Crippen LogP) is 0.940. The molecule has 88 valence electrons. The van der Waals surface area contributed by atoms with Crippen molar-refractivity contribution in [3.05, 3.63) is 0 Å². The first kappa shape index (κ1) is 12.5. The van der Waals surface area contributed by atoms with E-state index >= 15 is 0 Å². The van der Waals surface area contributed by atoms with Crippen molar-refractivity contribution in [2.45, 2.75) is 33.2 Å². The molecule has 0 aliphatic carbocycles. The number of carbonyl (C=O) groups excluding carboxylic acids is 1. The standard InChI is InChI=1S/C11H21NO3/c1-8(2)4-5-15-10(13)11(3)7-14-6-9(11)12/h8-9H,4-7,12H2,1-3H3. The maximum absolute atomic E-state index is 11.8. The van der Waals surface area contributed by atoms with Gasteiger partial charge < -0.3 is 15.2 Å². The molecule has 1 rings (SSSR count). The molecule has 0 aromatic heterocycles. The Morgan fingerprint density at radius 3 is 2.80 bits per heavy atom. The van der Waals surface area contributed by atoms with E-state index in [1.54, 1.807) is 0 Å². The van der Waals surface area contributed by atoms with Crippen molar-refractivity contribution < 1.29 is 14.3 Å². The summed E-state index contributed by atoms with van der Waals surface area (Å²) in [6.45, 7) is 7.28. The lowest BCUT2D eigenvalue weighted by atomic mass is 9.86. The molecule has 0 spiro atoms. The average Bonchev–Trinajstić information content (AvgIpc) is 2.47. The van der Waals surface area contributed by atoms with Crippen LogP contribution in [0.5, 0.6) is 0 Å². The van der Waals surface area contributed by atoms with Gasteiger partial charge in [-0.2, -0.15) is 0 Å². The minimum absolute atomic E-state index is 0.229. The van der Waals surface area contributed by atoms with E-state index in [1.165, 1.54) is 0 Å². The SMILES string of the molecule is CC(C)CCOC(=O)C1(C)COCC1N. The van der Waals surface area contributed by atoms with Gasteiger partial charge in [-0.25, -0.2) is 0 Å². The van der Waals surface area contributed by atoms with Crippen LogP contribution in [0.2, 0.25) is 0 Å². The lowest BCUT2D eigenvalue weighted by Gasteiger charge is -2.24. The molecule has 0 saturated carbocycles. The van der Waals surface area contributed by atoms with Crippen molar-refractivity contribution in [1.82, 2.24) is 0 Å². The van der Waals surface area contributed by atoms with Gasteiger partial charge in [0, 0.05) is 6.04 Å². The molecule has 1 aliphatic heterocycles. The Balaban J connectivity index is 2.39. The fourth-order valence-corrected chi connectivity index (χ4v) is 1.45. The van der Waals surface area contributed by atoms with E-state index in [4.69, 9.17) is 15.2 Å². The van der Waals surface area contributed by atoms with Crippen molar-refractivity contribution in [1.29, 1.82) is 0 Å². The van der Waals surface area contributed by atoms with Crippen molar-refractivity contribution in [3.8, 4) is 0 Å². The minimum atomic E-state index is -0.656. The lowest BCUT2D eigenvalue weighted by Crippen LogP contribution is -2.45. The molecule has 2 N–H and O–H groups in total. The number of hydrogen-bond acceptors (Lipinski definition) is 4. The molecule has 0 radical (unpaired) electrons. The van der Waals surface area contributed by atoms with Gasteiger partial charge in [0.2, 0.25) is 0 Å². The molecule has 1 fully saturated rings. The molecule has 1 saturated heterocycles. The number of nitrogens with two attached hydrogens (primary N) is 1. The summed E-state index contributed by atoms with van der Waals surface area (Å²) >= 11 is 0. The van der Waals surface area contributed by atoms with E-state index in [-0.39, 0.29) is 12.0 Å². The largest absolute Gasteiger partial charge is 0.465 e. The summed E-state index contributed by atoms with van der Waals surface area (Å²) in [4.78, 5) is 11.8. The number of carbonyl (C=O) groups is 1. The van der Waals surface area contributed by atoms with Gasteiger partial charge in [0.15, 0.2) is 0 Å². The third kappa shape index (κ3) is 2.92. The quantitative estimate of drug-likeness (QED) is 0.709. The molecular formula is C11H21NO3. The Morgan fingerprint density at radius 2 is 2.33 bits per heavy atom. The summed E-state index contributed by atoms with van der Waals surface area (Å²) in [6, 6.07) is -0.246. The van der Waals surface area contributed by atoms with Crippen LogP contribution in [0.3, 0.4) is 0 Å². The number of esters is 1. The summed E-state index contributed by atoms with van der Waals surface area (Å²) in [6.07, 6.45) is 0.887. The number of rotatable bonds is 4. The third-order valence-electron chi connectivity index (χ3n) is 2.91. The van der Waals surface area contributed by atoms with Crippen molar-refractivity contribution in [3.63, 3.8) is 0 Å². The second-order valence-electron chi connectivity index (χ2n) is 4.86. The highest BCUT2D eigenvalue weighted by Gasteiger charge is 2.45. The van der Waals surface area contributed by atoms with E-state index in [0.717, 1.165) is 6.42 Å². The summed E-state index contributed by atoms with van der Waals surface area (Å²) in [5.41, 5.74) is 5.16. The molecule has 1 aliphatic rings. The van der Waals surface area contributed by atoms with Crippen LogP contribution in [0.1, 0.15) is 27.2 Å². The highest BCUT2D eigenvalue weighted by molar-refractivity contribution is 5.78. The van der Waals surface area contributed by atoms with Crippen LogP contribution in [-0.4, -0.2) is 31.8 Å². The van der Waals surface area contributed by atoms with Gasteiger partial charge in [0.1, 0.15) is 5.41 Å². The lowest BCUT2D eigenvalue weighted by molar-refractivity contribution is -0.155. The number of hydrogen-bond donors (Lipinski definition) is 1. The van der Waals surface area contributed by atoms with E-state index < -0.39 is 5.41 Å².